The maximum absolute atomic E-state index is 11.4. The van der Waals surface area contributed by atoms with Crippen LogP contribution in [0.3, 0.4) is 0 Å². The van der Waals surface area contributed by atoms with Gasteiger partial charge in [-0.05, 0) is 12.3 Å². The van der Waals surface area contributed by atoms with Gasteiger partial charge in [0.05, 0.1) is 0 Å². The Kier molecular flexibility index (Phi) is 4.80. The third-order valence-corrected chi connectivity index (χ3v) is 3.77. The summed E-state index contributed by atoms with van der Waals surface area (Å²) in [4.78, 5) is 22.5. The SMILES string of the molecule is CCCn1c(SC(C(=O)O)C(C)C)n[nH]c1=O. The lowest BCUT2D eigenvalue weighted by Crippen LogP contribution is -2.24. The fourth-order valence-electron chi connectivity index (χ4n) is 1.40. The Morgan fingerprint density at radius 3 is 2.71 bits per heavy atom. The Morgan fingerprint density at radius 2 is 2.24 bits per heavy atom. The average Bonchev–Trinajstić information content (AvgIpc) is 2.57. The number of hydrogen-bond acceptors (Lipinski definition) is 4. The van der Waals surface area contributed by atoms with Crippen LogP contribution >= 0.6 is 11.8 Å². The van der Waals surface area contributed by atoms with E-state index in [1.165, 1.54) is 4.57 Å². The van der Waals surface area contributed by atoms with Gasteiger partial charge < -0.3 is 5.11 Å². The first-order valence-corrected chi connectivity index (χ1v) is 6.40. The van der Waals surface area contributed by atoms with Crippen molar-refractivity contribution in [3.63, 3.8) is 0 Å². The zero-order chi connectivity index (χ0) is 13.0. The van der Waals surface area contributed by atoms with E-state index < -0.39 is 11.2 Å². The molecule has 0 aromatic carbocycles. The molecule has 17 heavy (non-hydrogen) atoms. The summed E-state index contributed by atoms with van der Waals surface area (Å²) in [6, 6.07) is 0. The molecule has 1 aromatic heterocycles. The molecule has 0 spiro atoms. The summed E-state index contributed by atoms with van der Waals surface area (Å²) >= 11 is 1.11. The topological polar surface area (TPSA) is 88.0 Å². The highest BCUT2D eigenvalue weighted by atomic mass is 32.2. The molecule has 1 atom stereocenters. The Hall–Kier alpha value is -1.24. The van der Waals surface area contributed by atoms with E-state index in [1.807, 2.05) is 20.8 Å². The number of aromatic amines is 1. The molecule has 0 aliphatic carbocycles. The van der Waals surface area contributed by atoms with E-state index in [9.17, 15) is 9.59 Å². The van der Waals surface area contributed by atoms with Crippen LogP contribution in [0.4, 0.5) is 0 Å². The number of carbonyl (C=O) groups is 1. The third-order valence-electron chi connectivity index (χ3n) is 2.25. The normalized spacial score (nSPS) is 12.9. The molecule has 0 radical (unpaired) electrons. The second kappa shape index (κ2) is 5.90. The summed E-state index contributed by atoms with van der Waals surface area (Å²) in [5.41, 5.74) is -0.290. The van der Waals surface area contributed by atoms with Crippen LogP contribution in [0.5, 0.6) is 0 Å². The largest absolute Gasteiger partial charge is 0.480 e. The first kappa shape index (κ1) is 13.8. The fraction of sp³-hybridized carbons (Fsp3) is 0.700. The summed E-state index contributed by atoms with van der Waals surface area (Å²) in [5, 5.41) is 15.1. The van der Waals surface area contributed by atoms with Crippen molar-refractivity contribution in [3.8, 4) is 0 Å². The third kappa shape index (κ3) is 3.36. The Bertz CT molecular complexity index is 438. The fourth-order valence-corrected chi connectivity index (χ4v) is 2.40. The highest BCUT2D eigenvalue weighted by Crippen LogP contribution is 2.26. The number of hydrogen-bond donors (Lipinski definition) is 2. The lowest BCUT2D eigenvalue weighted by Gasteiger charge is -2.14. The van der Waals surface area contributed by atoms with E-state index in [4.69, 9.17) is 5.11 Å². The van der Waals surface area contributed by atoms with Crippen LogP contribution in [0.15, 0.2) is 9.95 Å². The average molecular weight is 259 g/mol. The van der Waals surface area contributed by atoms with Crippen LogP contribution in [-0.4, -0.2) is 31.1 Å². The van der Waals surface area contributed by atoms with E-state index in [0.717, 1.165) is 18.2 Å². The summed E-state index contributed by atoms with van der Waals surface area (Å²) in [6.45, 7) is 6.16. The van der Waals surface area contributed by atoms with Crippen LogP contribution in [0.25, 0.3) is 0 Å². The molecule has 1 rings (SSSR count). The number of carboxylic acid groups (broad SMARTS) is 1. The lowest BCUT2D eigenvalue weighted by molar-refractivity contribution is -0.137. The number of thioether (sulfide) groups is 1. The number of nitrogens with one attached hydrogen (secondary N) is 1. The molecule has 0 fully saturated rings. The second-order valence-electron chi connectivity index (χ2n) is 4.08. The Labute approximate surface area is 103 Å². The molecular formula is C10H17N3O3S. The number of aromatic nitrogens is 3. The van der Waals surface area contributed by atoms with Gasteiger partial charge in [-0.1, -0.05) is 32.5 Å². The van der Waals surface area contributed by atoms with Crippen molar-refractivity contribution in [1.29, 1.82) is 0 Å². The van der Waals surface area contributed by atoms with E-state index in [0.29, 0.717) is 11.7 Å². The monoisotopic (exact) mass is 259 g/mol. The number of H-pyrrole nitrogens is 1. The number of aliphatic carboxylic acids is 1. The van der Waals surface area contributed by atoms with Crippen molar-refractivity contribution < 1.29 is 9.90 Å². The van der Waals surface area contributed by atoms with Gasteiger partial charge in [-0.2, -0.15) is 0 Å². The van der Waals surface area contributed by atoms with E-state index >= 15 is 0 Å². The van der Waals surface area contributed by atoms with Crippen molar-refractivity contribution in [2.45, 2.75) is 44.1 Å². The summed E-state index contributed by atoms with van der Waals surface area (Å²) < 4.78 is 1.48. The molecule has 96 valence electrons. The summed E-state index contributed by atoms with van der Waals surface area (Å²) in [5.74, 6) is -0.914. The molecular weight excluding hydrogens is 242 g/mol. The van der Waals surface area contributed by atoms with Crippen molar-refractivity contribution in [2.24, 2.45) is 5.92 Å². The molecule has 0 saturated carbocycles. The van der Waals surface area contributed by atoms with E-state index in [2.05, 4.69) is 10.2 Å². The maximum Gasteiger partial charge on any atom is 0.343 e. The van der Waals surface area contributed by atoms with E-state index in [-0.39, 0.29) is 11.6 Å². The summed E-state index contributed by atoms with van der Waals surface area (Å²) in [6.07, 6.45) is 0.798. The molecule has 6 nitrogen and oxygen atoms in total. The number of nitrogens with zero attached hydrogens (tertiary/aromatic N) is 2. The van der Waals surface area contributed by atoms with Gasteiger partial charge in [0.15, 0.2) is 5.16 Å². The smallest absolute Gasteiger partial charge is 0.343 e. The molecule has 0 aliphatic rings. The van der Waals surface area contributed by atoms with Gasteiger partial charge in [0.2, 0.25) is 0 Å². The quantitative estimate of drug-likeness (QED) is 0.749. The molecule has 0 amide bonds. The molecule has 1 unspecified atom stereocenters. The Morgan fingerprint density at radius 1 is 1.59 bits per heavy atom. The van der Waals surface area contributed by atoms with Crippen molar-refractivity contribution in [3.05, 3.63) is 10.5 Å². The minimum Gasteiger partial charge on any atom is -0.480 e. The molecule has 0 bridgehead atoms. The molecule has 0 aliphatic heterocycles. The minimum absolute atomic E-state index is 0.0284. The molecule has 1 aromatic rings. The van der Waals surface area contributed by atoms with Gasteiger partial charge in [-0.15, -0.1) is 5.10 Å². The summed E-state index contributed by atoms with van der Waals surface area (Å²) in [7, 11) is 0. The van der Waals surface area contributed by atoms with Gasteiger partial charge in [-0.3, -0.25) is 9.36 Å². The predicted molar refractivity (Wildman–Crippen MR) is 65.3 cm³/mol. The molecule has 1 heterocycles. The number of rotatable bonds is 6. The van der Waals surface area contributed by atoms with Crippen molar-refractivity contribution >= 4 is 17.7 Å². The minimum atomic E-state index is -0.886. The lowest BCUT2D eigenvalue weighted by atomic mass is 10.1. The second-order valence-corrected chi connectivity index (χ2v) is 5.19. The predicted octanol–water partition coefficient (Wildman–Crippen LogP) is 1.18. The van der Waals surface area contributed by atoms with Gasteiger partial charge in [0.1, 0.15) is 5.25 Å². The van der Waals surface area contributed by atoms with Crippen molar-refractivity contribution in [2.75, 3.05) is 0 Å². The van der Waals surface area contributed by atoms with Crippen LogP contribution in [0.2, 0.25) is 0 Å². The first-order chi connectivity index (χ1) is 7.97. The highest BCUT2D eigenvalue weighted by Gasteiger charge is 2.25. The van der Waals surface area contributed by atoms with Gasteiger partial charge >= 0.3 is 11.7 Å². The standard InChI is InChI=1S/C10H17N3O3S/c1-4-5-13-9(16)11-12-10(13)17-7(6(2)3)8(14)15/h6-7H,4-5H2,1-3H3,(H,11,16)(H,14,15). The molecule has 2 N–H and O–H groups in total. The molecule has 0 saturated heterocycles. The van der Waals surface area contributed by atoms with Crippen LogP contribution in [-0.2, 0) is 11.3 Å². The van der Waals surface area contributed by atoms with Gasteiger partial charge in [0.25, 0.3) is 0 Å². The maximum atomic E-state index is 11.4. The first-order valence-electron chi connectivity index (χ1n) is 5.52. The van der Waals surface area contributed by atoms with E-state index in [1.54, 1.807) is 0 Å². The van der Waals surface area contributed by atoms with Crippen LogP contribution < -0.4 is 5.69 Å². The van der Waals surface area contributed by atoms with Gasteiger partial charge in [0, 0.05) is 6.54 Å². The highest BCUT2D eigenvalue weighted by molar-refractivity contribution is 8.00. The Balaban J connectivity index is 2.93. The zero-order valence-electron chi connectivity index (χ0n) is 10.1. The van der Waals surface area contributed by atoms with Gasteiger partial charge in [-0.25, -0.2) is 9.89 Å². The number of carboxylic acids is 1. The zero-order valence-corrected chi connectivity index (χ0v) is 11.0. The van der Waals surface area contributed by atoms with Crippen LogP contribution in [0, 0.1) is 5.92 Å². The molecule has 7 heteroatoms. The van der Waals surface area contributed by atoms with Crippen molar-refractivity contribution in [1.82, 2.24) is 14.8 Å². The van der Waals surface area contributed by atoms with Crippen LogP contribution in [0.1, 0.15) is 27.2 Å².